The topological polar surface area (TPSA) is 136 Å². The van der Waals surface area contributed by atoms with Crippen LogP contribution in [-0.2, 0) is 9.59 Å². The van der Waals surface area contributed by atoms with E-state index in [9.17, 15) is 24.0 Å². The summed E-state index contributed by atoms with van der Waals surface area (Å²) in [5.74, 6) is 0. The number of hydrogen-bond donors (Lipinski definition) is 1. The molecule has 1 aromatic rings. The van der Waals surface area contributed by atoms with E-state index in [0.29, 0.717) is 0 Å². The van der Waals surface area contributed by atoms with Gasteiger partial charge in [0.1, 0.15) is 0 Å². The molecular formula is C5HN5O5. The molecule has 0 amide bonds. The fraction of sp³-hybridized carbons (Fsp3) is 0. The molecule has 0 aliphatic carbocycles. The molecule has 10 heteroatoms. The lowest BCUT2D eigenvalue weighted by molar-refractivity contribution is 0.539. The van der Waals surface area contributed by atoms with Gasteiger partial charge in [0.05, 0.1) is 0 Å². The second-order valence-corrected chi connectivity index (χ2v) is 2.02. The van der Waals surface area contributed by atoms with E-state index in [-0.39, 0.29) is 9.35 Å². The van der Waals surface area contributed by atoms with Crippen LogP contribution < -0.4 is 17.1 Å². The number of hydrogen-bond acceptors (Lipinski definition) is 7. The van der Waals surface area contributed by atoms with Gasteiger partial charge in [0.2, 0.25) is 0 Å². The van der Waals surface area contributed by atoms with Gasteiger partial charge in [0.15, 0.2) is 0 Å². The Labute approximate surface area is 78.8 Å². The number of isocyanates is 2. The largest absolute Gasteiger partial charge is 0.379 e. The van der Waals surface area contributed by atoms with Crippen molar-refractivity contribution in [3.05, 3.63) is 31.5 Å². The summed E-state index contributed by atoms with van der Waals surface area (Å²) in [6.45, 7) is 0. The van der Waals surface area contributed by atoms with Gasteiger partial charge >= 0.3 is 17.1 Å². The van der Waals surface area contributed by atoms with Crippen LogP contribution in [0.25, 0.3) is 0 Å². The molecule has 0 radical (unpaired) electrons. The summed E-state index contributed by atoms with van der Waals surface area (Å²) in [5.41, 5.74) is -3.87. The summed E-state index contributed by atoms with van der Waals surface area (Å²) in [7, 11) is 0. The zero-order valence-electron chi connectivity index (χ0n) is 6.83. The molecule has 0 aliphatic rings. The normalized spacial score (nSPS) is 8.80. The molecule has 0 bridgehead atoms. The molecule has 0 saturated heterocycles. The van der Waals surface area contributed by atoms with E-state index >= 15 is 0 Å². The minimum Gasteiger partial charge on any atom is -0.256 e. The number of aromatic nitrogens is 3. The summed E-state index contributed by atoms with van der Waals surface area (Å²) < 4.78 is -0.0372. The van der Waals surface area contributed by atoms with E-state index in [1.807, 2.05) is 0 Å². The molecule has 1 heterocycles. The lowest BCUT2D eigenvalue weighted by Crippen LogP contribution is -2.46. The number of nitrogens with one attached hydrogen (secondary N) is 1. The van der Waals surface area contributed by atoms with E-state index < -0.39 is 17.1 Å². The number of H-pyrrole nitrogens is 1. The van der Waals surface area contributed by atoms with Crippen LogP contribution in [-0.4, -0.2) is 26.5 Å². The maximum Gasteiger partial charge on any atom is 0.379 e. The van der Waals surface area contributed by atoms with E-state index in [4.69, 9.17) is 0 Å². The van der Waals surface area contributed by atoms with Gasteiger partial charge in [0, 0.05) is 0 Å². The van der Waals surface area contributed by atoms with Crippen LogP contribution in [0.1, 0.15) is 0 Å². The van der Waals surface area contributed by atoms with Crippen molar-refractivity contribution in [1.82, 2.24) is 14.3 Å². The first-order valence-corrected chi connectivity index (χ1v) is 3.26. The minimum atomic E-state index is -1.38. The molecule has 0 fully saturated rings. The minimum absolute atomic E-state index is 0.0186. The first kappa shape index (κ1) is 10.3. The standard InChI is InChI=1S/C5HN5O5/c11-1-6-9-3(13)8-4(14)10(5(9)15)7-2-12/h(H,8,13,14). The van der Waals surface area contributed by atoms with Gasteiger partial charge in [-0.05, 0) is 0 Å². The SMILES string of the molecule is O=C=Nn1c(=O)[nH]c(=O)n(N=C=O)c1=O. The lowest BCUT2D eigenvalue weighted by Gasteiger charge is -1.94. The zero-order chi connectivity index (χ0) is 11.4. The summed E-state index contributed by atoms with van der Waals surface area (Å²) in [6, 6.07) is 0. The Morgan fingerprint density at radius 3 is 1.67 bits per heavy atom. The second kappa shape index (κ2) is 3.92. The third-order valence-electron chi connectivity index (χ3n) is 1.24. The maximum absolute atomic E-state index is 11.2. The van der Waals surface area contributed by atoms with Gasteiger partial charge in [0.25, 0.3) is 12.2 Å². The second-order valence-electron chi connectivity index (χ2n) is 2.02. The van der Waals surface area contributed by atoms with Gasteiger partial charge in [-0.3, -0.25) is 4.98 Å². The lowest BCUT2D eigenvalue weighted by atomic mass is 11.0. The Hall–Kier alpha value is -2.83. The highest BCUT2D eigenvalue weighted by Crippen LogP contribution is 1.65. The fourth-order valence-corrected chi connectivity index (χ4v) is 0.719. The van der Waals surface area contributed by atoms with E-state index in [2.05, 4.69) is 10.2 Å². The molecule has 0 aliphatic heterocycles. The van der Waals surface area contributed by atoms with Gasteiger partial charge < -0.3 is 0 Å². The Bertz CT molecular complexity index is 596. The first-order valence-electron chi connectivity index (χ1n) is 3.26. The quantitative estimate of drug-likeness (QED) is 0.408. The van der Waals surface area contributed by atoms with Crippen LogP contribution in [0.5, 0.6) is 0 Å². The van der Waals surface area contributed by atoms with Crippen molar-refractivity contribution in [2.45, 2.75) is 0 Å². The van der Waals surface area contributed by atoms with Gasteiger partial charge in [-0.15, -0.1) is 9.35 Å². The van der Waals surface area contributed by atoms with Crippen molar-refractivity contribution >= 4 is 12.2 Å². The number of rotatable bonds is 2. The molecule has 15 heavy (non-hydrogen) atoms. The smallest absolute Gasteiger partial charge is 0.256 e. The third kappa shape index (κ3) is 1.75. The molecule has 1 rings (SSSR count). The summed E-state index contributed by atoms with van der Waals surface area (Å²) in [6.07, 6.45) is 1.83. The van der Waals surface area contributed by atoms with Crippen LogP contribution in [0.4, 0.5) is 0 Å². The van der Waals surface area contributed by atoms with Crippen molar-refractivity contribution in [1.29, 1.82) is 0 Å². The molecule has 0 aromatic carbocycles. The summed E-state index contributed by atoms with van der Waals surface area (Å²) in [5, 5.41) is 5.39. The van der Waals surface area contributed by atoms with E-state index in [1.165, 1.54) is 0 Å². The molecule has 0 atom stereocenters. The predicted molar refractivity (Wildman–Crippen MR) is 42.6 cm³/mol. The molecule has 0 unspecified atom stereocenters. The van der Waals surface area contributed by atoms with Crippen molar-refractivity contribution < 1.29 is 9.59 Å². The average Bonchev–Trinajstić information content (AvgIpc) is 2.19. The molecule has 76 valence electrons. The number of nitrogens with zero attached hydrogens (tertiary/aromatic N) is 4. The van der Waals surface area contributed by atoms with Gasteiger partial charge in [-0.25, -0.2) is 24.0 Å². The molecule has 10 nitrogen and oxygen atoms in total. The highest BCUT2D eigenvalue weighted by atomic mass is 16.2. The van der Waals surface area contributed by atoms with E-state index in [1.54, 1.807) is 4.98 Å². The van der Waals surface area contributed by atoms with Gasteiger partial charge in [-0.1, -0.05) is 10.2 Å². The van der Waals surface area contributed by atoms with Crippen molar-refractivity contribution in [2.75, 3.05) is 0 Å². The zero-order valence-corrected chi connectivity index (χ0v) is 6.83. The highest BCUT2D eigenvalue weighted by Gasteiger charge is 2.07. The van der Waals surface area contributed by atoms with E-state index in [0.717, 1.165) is 12.2 Å². The van der Waals surface area contributed by atoms with Crippen LogP contribution in [0, 0.1) is 0 Å². The monoisotopic (exact) mass is 211 g/mol. The number of carbonyl (C=O) groups excluding carboxylic acids is 2. The fourth-order valence-electron chi connectivity index (χ4n) is 0.719. The summed E-state index contributed by atoms with van der Waals surface area (Å²) >= 11 is 0. The van der Waals surface area contributed by atoms with Crippen LogP contribution in [0.2, 0.25) is 0 Å². The average molecular weight is 211 g/mol. The molecule has 0 saturated carbocycles. The third-order valence-corrected chi connectivity index (χ3v) is 1.24. The highest BCUT2D eigenvalue weighted by molar-refractivity contribution is 5.33. The Balaban J connectivity index is 3.88. The molecule has 1 aromatic heterocycles. The van der Waals surface area contributed by atoms with Gasteiger partial charge in [-0.2, -0.15) is 0 Å². The van der Waals surface area contributed by atoms with Crippen LogP contribution >= 0.6 is 0 Å². The van der Waals surface area contributed by atoms with Crippen LogP contribution in [0.3, 0.4) is 0 Å². The first-order chi connectivity index (χ1) is 7.11. The maximum atomic E-state index is 11.2. The Morgan fingerprint density at radius 1 is 0.933 bits per heavy atom. The summed E-state index contributed by atoms with van der Waals surface area (Å²) in [4.78, 5) is 54.2. The molecule has 1 N–H and O–H groups in total. The Kier molecular flexibility index (Phi) is 2.68. The van der Waals surface area contributed by atoms with Crippen molar-refractivity contribution in [2.24, 2.45) is 10.2 Å². The Morgan fingerprint density at radius 2 is 1.33 bits per heavy atom. The number of aromatic amines is 1. The predicted octanol–water partition coefficient (Wildman–Crippen LogP) is -3.10. The molecule has 0 spiro atoms. The van der Waals surface area contributed by atoms with Crippen molar-refractivity contribution in [3.63, 3.8) is 0 Å². The van der Waals surface area contributed by atoms with Crippen molar-refractivity contribution in [3.8, 4) is 0 Å². The van der Waals surface area contributed by atoms with Crippen LogP contribution in [0.15, 0.2) is 24.6 Å². The molecular weight excluding hydrogens is 210 g/mol.